The van der Waals surface area contributed by atoms with E-state index in [0.29, 0.717) is 15.7 Å². The van der Waals surface area contributed by atoms with E-state index < -0.39 is 0 Å². The largest absolute Gasteiger partial charge is 0.465 e. The zero-order valence-corrected chi connectivity index (χ0v) is 8.09. The fraction of sp³-hybridized carbons (Fsp3) is 0.125. The SMILES string of the molecule is COC(=O)c1ccc(N)c(Br)c1. The summed E-state index contributed by atoms with van der Waals surface area (Å²) in [7, 11) is 1.34. The summed E-state index contributed by atoms with van der Waals surface area (Å²) < 4.78 is 5.23. The molecule has 0 atom stereocenters. The van der Waals surface area contributed by atoms with Crippen LogP contribution in [0.1, 0.15) is 10.4 Å². The van der Waals surface area contributed by atoms with Crippen molar-refractivity contribution in [1.82, 2.24) is 0 Å². The van der Waals surface area contributed by atoms with E-state index in [1.54, 1.807) is 18.2 Å². The van der Waals surface area contributed by atoms with Gasteiger partial charge in [-0.05, 0) is 34.1 Å². The van der Waals surface area contributed by atoms with E-state index in [4.69, 9.17) is 5.73 Å². The molecule has 0 bridgehead atoms. The fourth-order valence-corrected chi connectivity index (χ4v) is 1.15. The summed E-state index contributed by atoms with van der Waals surface area (Å²) in [6, 6.07) is 4.89. The Bertz CT molecular complexity index is 312. The monoisotopic (exact) mass is 229 g/mol. The molecule has 0 unspecified atom stereocenters. The summed E-state index contributed by atoms with van der Waals surface area (Å²) in [6.07, 6.45) is 0. The summed E-state index contributed by atoms with van der Waals surface area (Å²) in [5, 5.41) is 0. The third-order valence-corrected chi connectivity index (χ3v) is 2.11. The number of benzene rings is 1. The molecule has 0 radical (unpaired) electrons. The Morgan fingerprint density at radius 2 is 2.25 bits per heavy atom. The van der Waals surface area contributed by atoms with Crippen molar-refractivity contribution in [3.8, 4) is 0 Å². The molecule has 0 aliphatic carbocycles. The fourth-order valence-electron chi connectivity index (χ4n) is 0.772. The molecule has 0 saturated carbocycles. The highest BCUT2D eigenvalue weighted by Crippen LogP contribution is 2.20. The van der Waals surface area contributed by atoms with Gasteiger partial charge in [0, 0.05) is 10.2 Å². The molecule has 0 fully saturated rings. The van der Waals surface area contributed by atoms with Crippen molar-refractivity contribution in [1.29, 1.82) is 0 Å². The number of nitrogen functional groups attached to an aromatic ring is 1. The zero-order chi connectivity index (χ0) is 9.14. The Labute approximate surface area is 78.6 Å². The number of ether oxygens (including phenoxy) is 1. The van der Waals surface area contributed by atoms with E-state index in [9.17, 15) is 4.79 Å². The van der Waals surface area contributed by atoms with Crippen molar-refractivity contribution < 1.29 is 9.53 Å². The number of rotatable bonds is 1. The average Bonchev–Trinajstić information content (AvgIpc) is 2.08. The molecule has 4 heteroatoms. The van der Waals surface area contributed by atoms with Crippen LogP contribution >= 0.6 is 15.9 Å². The Hall–Kier alpha value is -1.03. The lowest BCUT2D eigenvalue weighted by Gasteiger charge is -2.01. The molecule has 1 aromatic carbocycles. The number of carbonyl (C=O) groups excluding carboxylic acids is 1. The van der Waals surface area contributed by atoms with Crippen molar-refractivity contribution in [3.63, 3.8) is 0 Å². The van der Waals surface area contributed by atoms with Gasteiger partial charge in [-0.15, -0.1) is 0 Å². The second-order valence-electron chi connectivity index (χ2n) is 2.23. The molecular formula is C8H8BrNO2. The summed E-state index contributed by atoms with van der Waals surface area (Å²) in [5.74, 6) is -0.365. The molecule has 1 aromatic rings. The van der Waals surface area contributed by atoms with Crippen molar-refractivity contribution >= 4 is 27.6 Å². The number of methoxy groups -OCH3 is 1. The van der Waals surface area contributed by atoms with Gasteiger partial charge >= 0.3 is 5.97 Å². The predicted molar refractivity (Wildman–Crippen MR) is 49.9 cm³/mol. The minimum atomic E-state index is -0.365. The lowest BCUT2D eigenvalue weighted by atomic mass is 10.2. The van der Waals surface area contributed by atoms with Crippen LogP contribution in [0.3, 0.4) is 0 Å². The van der Waals surface area contributed by atoms with Gasteiger partial charge in [-0.1, -0.05) is 0 Å². The average molecular weight is 230 g/mol. The van der Waals surface area contributed by atoms with Gasteiger partial charge in [0.05, 0.1) is 12.7 Å². The molecule has 2 N–H and O–H groups in total. The summed E-state index contributed by atoms with van der Waals surface area (Å²) in [5.41, 5.74) is 6.62. The van der Waals surface area contributed by atoms with Gasteiger partial charge < -0.3 is 10.5 Å². The van der Waals surface area contributed by atoms with E-state index in [1.807, 2.05) is 0 Å². The Morgan fingerprint density at radius 1 is 1.58 bits per heavy atom. The highest BCUT2D eigenvalue weighted by atomic mass is 79.9. The first kappa shape index (κ1) is 9.06. The van der Waals surface area contributed by atoms with Crippen molar-refractivity contribution in [2.75, 3.05) is 12.8 Å². The zero-order valence-electron chi connectivity index (χ0n) is 6.50. The van der Waals surface area contributed by atoms with Crippen LogP contribution in [0.2, 0.25) is 0 Å². The minimum Gasteiger partial charge on any atom is -0.465 e. The molecule has 0 amide bonds. The lowest BCUT2D eigenvalue weighted by molar-refractivity contribution is 0.0600. The predicted octanol–water partition coefficient (Wildman–Crippen LogP) is 1.82. The van der Waals surface area contributed by atoms with Crippen LogP contribution in [-0.2, 0) is 4.74 Å². The first-order chi connectivity index (χ1) is 5.65. The Morgan fingerprint density at radius 3 is 2.75 bits per heavy atom. The first-order valence-corrected chi connectivity index (χ1v) is 4.08. The summed E-state index contributed by atoms with van der Waals surface area (Å²) in [6.45, 7) is 0. The molecule has 1 rings (SSSR count). The number of anilines is 1. The summed E-state index contributed by atoms with van der Waals surface area (Å²) in [4.78, 5) is 11.0. The standard InChI is InChI=1S/C8H8BrNO2/c1-12-8(11)5-2-3-7(10)6(9)4-5/h2-4H,10H2,1H3. The van der Waals surface area contributed by atoms with Gasteiger partial charge in [0.15, 0.2) is 0 Å². The molecule has 0 aromatic heterocycles. The number of nitrogens with two attached hydrogens (primary N) is 1. The third-order valence-electron chi connectivity index (χ3n) is 1.42. The number of carbonyl (C=O) groups is 1. The van der Waals surface area contributed by atoms with Crippen LogP contribution in [0.25, 0.3) is 0 Å². The minimum absolute atomic E-state index is 0.365. The number of halogens is 1. The second kappa shape index (κ2) is 3.58. The number of hydrogen-bond donors (Lipinski definition) is 1. The van der Waals surface area contributed by atoms with Crippen molar-refractivity contribution in [2.24, 2.45) is 0 Å². The van der Waals surface area contributed by atoms with Gasteiger partial charge in [-0.2, -0.15) is 0 Å². The van der Waals surface area contributed by atoms with Gasteiger partial charge in [0.25, 0.3) is 0 Å². The maximum Gasteiger partial charge on any atom is 0.337 e. The molecule has 0 heterocycles. The highest BCUT2D eigenvalue weighted by Gasteiger charge is 2.05. The van der Waals surface area contributed by atoms with E-state index in [2.05, 4.69) is 20.7 Å². The molecule has 0 spiro atoms. The molecule has 0 saturated heterocycles. The molecular weight excluding hydrogens is 222 g/mol. The van der Waals surface area contributed by atoms with E-state index >= 15 is 0 Å². The normalized spacial score (nSPS) is 9.50. The van der Waals surface area contributed by atoms with Crippen molar-refractivity contribution in [3.05, 3.63) is 28.2 Å². The molecule has 12 heavy (non-hydrogen) atoms. The van der Waals surface area contributed by atoms with E-state index in [-0.39, 0.29) is 5.97 Å². The maximum absolute atomic E-state index is 11.0. The lowest BCUT2D eigenvalue weighted by Crippen LogP contribution is -2.01. The van der Waals surface area contributed by atoms with Crippen LogP contribution in [0.5, 0.6) is 0 Å². The van der Waals surface area contributed by atoms with E-state index in [0.717, 1.165) is 0 Å². The van der Waals surface area contributed by atoms with Crippen LogP contribution in [0, 0.1) is 0 Å². The topological polar surface area (TPSA) is 52.3 Å². The van der Waals surface area contributed by atoms with Gasteiger partial charge in [-0.25, -0.2) is 4.79 Å². The van der Waals surface area contributed by atoms with Crippen LogP contribution in [0.4, 0.5) is 5.69 Å². The number of hydrogen-bond acceptors (Lipinski definition) is 3. The van der Waals surface area contributed by atoms with Gasteiger partial charge in [0.2, 0.25) is 0 Å². The first-order valence-electron chi connectivity index (χ1n) is 3.28. The van der Waals surface area contributed by atoms with Crippen LogP contribution < -0.4 is 5.73 Å². The maximum atomic E-state index is 11.0. The molecule has 0 aliphatic rings. The second-order valence-corrected chi connectivity index (χ2v) is 3.08. The summed E-state index contributed by atoms with van der Waals surface area (Å²) >= 11 is 3.21. The van der Waals surface area contributed by atoms with Crippen molar-refractivity contribution in [2.45, 2.75) is 0 Å². The third kappa shape index (κ3) is 1.76. The Balaban J connectivity index is 3.05. The molecule has 3 nitrogen and oxygen atoms in total. The van der Waals surface area contributed by atoms with Crippen LogP contribution in [0.15, 0.2) is 22.7 Å². The van der Waals surface area contributed by atoms with Gasteiger partial charge in [-0.3, -0.25) is 0 Å². The quantitative estimate of drug-likeness (QED) is 0.591. The Kier molecular flexibility index (Phi) is 2.70. The molecule has 0 aliphatic heterocycles. The van der Waals surface area contributed by atoms with Crippen LogP contribution in [-0.4, -0.2) is 13.1 Å². The highest BCUT2D eigenvalue weighted by molar-refractivity contribution is 9.10. The molecule has 64 valence electrons. The van der Waals surface area contributed by atoms with Gasteiger partial charge in [0.1, 0.15) is 0 Å². The smallest absolute Gasteiger partial charge is 0.337 e. The number of esters is 1. The van der Waals surface area contributed by atoms with E-state index in [1.165, 1.54) is 7.11 Å².